The van der Waals surface area contributed by atoms with Crippen LogP contribution in [0.4, 0.5) is 0 Å². The van der Waals surface area contributed by atoms with Crippen molar-refractivity contribution in [2.75, 3.05) is 52.2 Å². The molecule has 1 aromatic rings. The van der Waals surface area contributed by atoms with Gasteiger partial charge in [0.2, 0.25) is 10.0 Å². The van der Waals surface area contributed by atoms with Gasteiger partial charge >= 0.3 is 0 Å². The lowest BCUT2D eigenvalue weighted by molar-refractivity contribution is -0.167. The number of piperidine rings is 2. The molecule has 13 nitrogen and oxygen atoms in total. The maximum absolute atomic E-state index is 12.1. The van der Waals surface area contributed by atoms with Gasteiger partial charge in [0.05, 0.1) is 31.1 Å². The number of carbonyl (C=O) groups excluding carboxylic acids is 2. The average Bonchev–Trinajstić information content (AvgIpc) is 3.26. The molecule has 3 aliphatic heterocycles. The summed E-state index contributed by atoms with van der Waals surface area (Å²) in [5.41, 5.74) is 5.92. The number of aromatic nitrogens is 2. The van der Waals surface area contributed by atoms with Crippen molar-refractivity contribution >= 4 is 21.8 Å². The summed E-state index contributed by atoms with van der Waals surface area (Å²) >= 11 is 0. The molecule has 0 radical (unpaired) electrons. The number of hydrazine groups is 1. The largest absolute Gasteiger partial charge is 0.373 e. The van der Waals surface area contributed by atoms with E-state index in [1.54, 1.807) is 9.69 Å². The Hall–Kier alpha value is -2.10. The number of primary amides is 1. The minimum atomic E-state index is -3.27. The van der Waals surface area contributed by atoms with Crippen LogP contribution in [-0.2, 0) is 19.6 Å². The summed E-state index contributed by atoms with van der Waals surface area (Å²) < 4.78 is 31.9. The molecule has 0 spiro atoms. The van der Waals surface area contributed by atoms with Crippen LogP contribution in [0.3, 0.4) is 0 Å². The number of hydrogen-bond donors (Lipinski definition) is 3. The Morgan fingerprint density at radius 1 is 1.21 bits per heavy atom. The van der Waals surface area contributed by atoms with E-state index in [4.69, 9.17) is 10.5 Å². The first-order valence-electron chi connectivity index (χ1n) is 11.5. The van der Waals surface area contributed by atoms with Crippen molar-refractivity contribution < 1.29 is 27.9 Å². The number of sulfonamides is 1. The molecule has 0 bridgehead atoms. The first-order valence-corrected chi connectivity index (χ1v) is 13.4. The van der Waals surface area contributed by atoms with Crippen LogP contribution >= 0.6 is 0 Å². The fourth-order valence-electron chi connectivity index (χ4n) is 4.84. The zero-order chi connectivity index (χ0) is 24.5. The fourth-order valence-corrected chi connectivity index (χ4v) is 5.71. The molecule has 2 amide bonds. The van der Waals surface area contributed by atoms with Crippen molar-refractivity contribution in [3.8, 4) is 0 Å². The number of nitrogens with one attached hydrogen (secondary N) is 1. The summed E-state index contributed by atoms with van der Waals surface area (Å²) in [5.74, 6) is -0.730. The van der Waals surface area contributed by atoms with Gasteiger partial charge in [0.25, 0.3) is 11.8 Å². The number of rotatable bonds is 7. The number of hydrogen-bond acceptors (Lipinski definition) is 9. The second kappa shape index (κ2) is 10.3. The molecule has 4 heterocycles. The van der Waals surface area contributed by atoms with Crippen LogP contribution < -0.4 is 11.1 Å². The maximum Gasteiger partial charge on any atom is 0.269 e. The summed E-state index contributed by atoms with van der Waals surface area (Å²) in [6, 6.07) is 1.34. The second-order valence-electron chi connectivity index (χ2n) is 9.02. The highest BCUT2D eigenvalue weighted by molar-refractivity contribution is 7.88. The third-order valence-corrected chi connectivity index (χ3v) is 8.01. The van der Waals surface area contributed by atoms with E-state index < -0.39 is 22.2 Å². The van der Waals surface area contributed by atoms with E-state index in [9.17, 15) is 23.1 Å². The Kier molecular flexibility index (Phi) is 7.54. The van der Waals surface area contributed by atoms with E-state index in [2.05, 4.69) is 10.4 Å². The minimum absolute atomic E-state index is 0.00912. The van der Waals surface area contributed by atoms with Crippen LogP contribution in [0.1, 0.15) is 54.1 Å². The quantitative estimate of drug-likeness (QED) is 0.375. The highest BCUT2D eigenvalue weighted by atomic mass is 32.2. The van der Waals surface area contributed by atoms with Gasteiger partial charge in [-0.15, -0.1) is 0 Å². The summed E-state index contributed by atoms with van der Waals surface area (Å²) in [7, 11) is -3.27. The minimum Gasteiger partial charge on any atom is -0.373 e. The molecular weight excluding hydrogens is 466 g/mol. The molecule has 4 rings (SSSR count). The SMILES string of the molecule is CS(=O)(=O)N1CCC(n2nc(C(N)=O)cc2C(O)NC2CCN(N3CCOCC3=O)CC2)CC1. The smallest absolute Gasteiger partial charge is 0.269 e. The predicted octanol–water partition coefficient (Wildman–Crippen LogP) is -1.60. The molecule has 4 N–H and O–H groups in total. The van der Waals surface area contributed by atoms with E-state index in [0.29, 0.717) is 57.9 Å². The Labute approximate surface area is 198 Å². The van der Waals surface area contributed by atoms with Crippen LogP contribution in [-0.4, -0.2) is 108 Å². The van der Waals surface area contributed by atoms with E-state index >= 15 is 0 Å². The molecular formula is C20H33N7O6S. The summed E-state index contributed by atoms with van der Waals surface area (Å²) in [4.78, 5) is 23.8. The average molecular weight is 500 g/mol. The highest BCUT2D eigenvalue weighted by Crippen LogP contribution is 2.28. The van der Waals surface area contributed by atoms with E-state index in [1.807, 2.05) is 5.01 Å². The third-order valence-electron chi connectivity index (χ3n) is 6.70. The number of carbonyl (C=O) groups is 2. The number of amides is 2. The van der Waals surface area contributed by atoms with E-state index in [1.165, 1.54) is 16.6 Å². The molecule has 3 saturated heterocycles. The molecule has 1 unspecified atom stereocenters. The van der Waals surface area contributed by atoms with Gasteiger partial charge in [-0.05, 0) is 31.7 Å². The van der Waals surface area contributed by atoms with Gasteiger partial charge in [-0.3, -0.25) is 24.6 Å². The lowest BCUT2D eigenvalue weighted by atomic mass is 10.0. The van der Waals surface area contributed by atoms with Crippen LogP contribution in [0.25, 0.3) is 0 Å². The summed E-state index contributed by atoms with van der Waals surface area (Å²) in [6.45, 7) is 3.21. The van der Waals surface area contributed by atoms with Crippen molar-refractivity contribution in [2.24, 2.45) is 5.73 Å². The topological polar surface area (TPSA) is 163 Å². The molecule has 3 fully saturated rings. The van der Waals surface area contributed by atoms with Gasteiger partial charge in [-0.2, -0.15) is 5.10 Å². The molecule has 190 valence electrons. The van der Waals surface area contributed by atoms with Crippen LogP contribution in [0.2, 0.25) is 0 Å². The summed E-state index contributed by atoms with van der Waals surface area (Å²) in [6.07, 6.45) is 2.59. The zero-order valence-electron chi connectivity index (χ0n) is 19.3. The number of nitrogens with zero attached hydrogens (tertiary/aromatic N) is 5. The second-order valence-corrected chi connectivity index (χ2v) is 11.0. The molecule has 0 aromatic carbocycles. The number of ether oxygens (including phenoxy) is 1. The predicted molar refractivity (Wildman–Crippen MR) is 121 cm³/mol. The number of nitrogens with two attached hydrogens (primary N) is 1. The van der Waals surface area contributed by atoms with E-state index in [0.717, 1.165) is 12.8 Å². The van der Waals surface area contributed by atoms with Gasteiger partial charge in [-0.1, -0.05) is 0 Å². The van der Waals surface area contributed by atoms with Crippen molar-refractivity contribution in [3.05, 3.63) is 17.5 Å². The van der Waals surface area contributed by atoms with Crippen molar-refractivity contribution in [3.63, 3.8) is 0 Å². The number of aliphatic hydroxyl groups is 1. The standard InChI is InChI=1S/C20H33N7O6S/c1-34(31,32)25-8-4-15(5-9-25)27-17(12-16(23-27)19(21)29)20(30)22-14-2-6-24(7-3-14)26-10-11-33-13-18(26)28/h12,14-15,20,22,30H,2-11,13H2,1H3,(H2,21,29). The van der Waals surface area contributed by atoms with Gasteiger partial charge in [-0.25, -0.2) is 17.7 Å². The van der Waals surface area contributed by atoms with Gasteiger partial charge in [0.15, 0.2) is 0 Å². The molecule has 0 saturated carbocycles. The van der Waals surface area contributed by atoms with Crippen LogP contribution in [0.5, 0.6) is 0 Å². The number of aliphatic hydroxyl groups excluding tert-OH is 1. The lowest BCUT2D eigenvalue weighted by Crippen LogP contribution is -2.56. The zero-order valence-corrected chi connectivity index (χ0v) is 20.1. The molecule has 1 atom stereocenters. The van der Waals surface area contributed by atoms with Crippen molar-refractivity contribution in [1.29, 1.82) is 0 Å². The third kappa shape index (κ3) is 5.58. The van der Waals surface area contributed by atoms with E-state index in [-0.39, 0.29) is 30.3 Å². The van der Waals surface area contributed by atoms with Crippen molar-refractivity contribution in [1.82, 2.24) is 29.4 Å². The van der Waals surface area contributed by atoms with Gasteiger partial charge in [0, 0.05) is 32.2 Å². The number of morpholine rings is 1. The Morgan fingerprint density at radius 3 is 2.47 bits per heavy atom. The monoisotopic (exact) mass is 499 g/mol. The molecule has 34 heavy (non-hydrogen) atoms. The fraction of sp³-hybridized carbons (Fsp3) is 0.750. The first-order chi connectivity index (χ1) is 16.1. The molecule has 1 aromatic heterocycles. The Bertz CT molecular complexity index is 999. The normalized spacial score (nSPS) is 23.4. The lowest BCUT2D eigenvalue weighted by Gasteiger charge is -2.41. The highest BCUT2D eigenvalue weighted by Gasteiger charge is 2.32. The maximum atomic E-state index is 12.1. The van der Waals surface area contributed by atoms with Gasteiger partial charge < -0.3 is 15.6 Å². The Balaban J connectivity index is 1.39. The Morgan fingerprint density at radius 2 is 1.88 bits per heavy atom. The van der Waals surface area contributed by atoms with Crippen molar-refractivity contribution in [2.45, 2.75) is 44.0 Å². The molecule has 0 aliphatic carbocycles. The first kappa shape index (κ1) is 25.0. The molecule has 3 aliphatic rings. The summed E-state index contributed by atoms with van der Waals surface area (Å²) in [5, 5.41) is 22.3. The van der Waals surface area contributed by atoms with Crippen LogP contribution in [0, 0.1) is 0 Å². The van der Waals surface area contributed by atoms with Gasteiger partial charge in [0.1, 0.15) is 18.5 Å². The molecule has 14 heteroatoms. The van der Waals surface area contributed by atoms with Crippen LogP contribution in [0.15, 0.2) is 6.07 Å².